The summed E-state index contributed by atoms with van der Waals surface area (Å²) < 4.78 is 217. The van der Waals surface area contributed by atoms with Crippen molar-refractivity contribution in [2.24, 2.45) is 0 Å². The van der Waals surface area contributed by atoms with Crippen molar-refractivity contribution >= 4 is 38.7 Å². The fourth-order valence-electron chi connectivity index (χ4n) is 6.02. The van der Waals surface area contributed by atoms with E-state index in [1.807, 2.05) is 4.28 Å². The predicted octanol–water partition coefficient (Wildman–Crippen LogP) is 9.06. The predicted molar refractivity (Wildman–Crippen MR) is 157 cm³/mol. The number of rotatable bonds is 4. The average molecular weight is 797 g/mol. The van der Waals surface area contributed by atoms with E-state index in [2.05, 4.69) is 15.9 Å². The summed E-state index contributed by atoms with van der Waals surface area (Å²) in [6.45, 7) is 1.73. The molecule has 1 aliphatic heterocycles. The van der Waals surface area contributed by atoms with E-state index in [9.17, 15) is 39.5 Å². The van der Waals surface area contributed by atoms with Gasteiger partial charge < -0.3 is 4.28 Å². The summed E-state index contributed by atoms with van der Waals surface area (Å²) in [5.41, 5.74) is -10.1. The van der Waals surface area contributed by atoms with Gasteiger partial charge in [-0.15, -0.1) is 0 Å². The third-order valence-electron chi connectivity index (χ3n) is 8.48. The molecule has 4 aromatic carbocycles. The minimum absolute atomic E-state index is 0.0249. The quantitative estimate of drug-likeness (QED) is 0.0638. The highest BCUT2D eigenvalue weighted by Gasteiger charge is 2.57. The van der Waals surface area contributed by atoms with Crippen LogP contribution in [0.4, 0.5) is 65.9 Å². The van der Waals surface area contributed by atoms with Crippen molar-refractivity contribution in [3.05, 3.63) is 121 Å². The smallest absolute Gasteiger partial charge is 0.421 e. The zero-order valence-corrected chi connectivity index (χ0v) is 27.3. The molecule has 0 amide bonds. The van der Waals surface area contributed by atoms with E-state index in [1.165, 1.54) is 6.92 Å². The molecule has 5 rings (SSSR count). The maximum absolute atomic E-state index is 15.8. The molecule has 0 spiro atoms. The molecule has 0 radical (unpaired) electrons. The van der Waals surface area contributed by atoms with Gasteiger partial charge in [0, 0.05) is 53.8 Å². The van der Waals surface area contributed by atoms with E-state index in [1.54, 1.807) is 0 Å². The van der Waals surface area contributed by atoms with Gasteiger partial charge in [-0.3, -0.25) is 0 Å². The second kappa shape index (κ2) is 14.2. The number of halogens is 16. The monoisotopic (exact) mass is 796 g/mol. The molecule has 1 heterocycles. The Morgan fingerprint density at radius 3 is 1.24 bits per heavy atom. The lowest BCUT2D eigenvalue weighted by molar-refractivity contribution is -0.142. The standard InChI is InChI=1S/C25H17BF12O.C7H4BrF3/c1-10-12(27)7-15(30)19(22(10)33)26(39-5-3-4-6-39,20-16(31)8-13(28)11(2)23(20)34)21-17(32)9-14(29)18(24(21)35)25(36,37)38;1-3-4(9)2-5(10)6(8)7(3)11/h7-9H,3-6H2,1-2H3;2H,1H3. The highest BCUT2D eigenvalue weighted by molar-refractivity contribution is 9.10. The van der Waals surface area contributed by atoms with Crippen molar-refractivity contribution in [1.29, 1.82) is 0 Å². The second-order valence-corrected chi connectivity index (χ2v) is 12.2. The summed E-state index contributed by atoms with van der Waals surface area (Å²) in [5.74, 6) is -20.9. The molecule has 4 aromatic rings. The lowest BCUT2D eigenvalue weighted by Crippen LogP contribution is -2.78. The van der Waals surface area contributed by atoms with Crippen LogP contribution in [0.3, 0.4) is 0 Å². The fourth-order valence-corrected chi connectivity index (χ4v) is 6.43. The Morgan fingerprint density at radius 1 is 0.500 bits per heavy atom. The zero-order valence-electron chi connectivity index (χ0n) is 25.7. The van der Waals surface area contributed by atoms with Crippen LogP contribution in [0.1, 0.15) is 35.1 Å². The summed E-state index contributed by atoms with van der Waals surface area (Å²) >= 11 is 2.65. The van der Waals surface area contributed by atoms with Crippen LogP contribution in [-0.2, 0) is 10.5 Å². The van der Waals surface area contributed by atoms with Crippen molar-refractivity contribution in [2.75, 3.05) is 13.2 Å². The number of hydrogen-bond acceptors (Lipinski definition) is 0. The fraction of sp³-hybridized carbons (Fsp3) is 0.250. The van der Waals surface area contributed by atoms with E-state index >= 15 is 26.3 Å². The van der Waals surface area contributed by atoms with Crippen molar-refractivity contribution in [3.8, 4) is 0 Å². The number of hydrogen-bond donors (Lipinski definition) is 0. The van der Waals surface area contributed by atoms with E-state index in [-0.39, 0.29) is 35.0 Å². The Balaban J connectivity index is 0.000000435. The van der Waals surface area contributed by atoms with Gasteiger partial charge in [-0.1, -0.05) is 0 Å². The first kappa shape index (κ1) is 39.1. The minimum atomic E-state index is -5.85. The zero-order chi connectivity index (χ0) is 37.8. The Hall–Kier alpha value is -3.67. The maximum atomic E-state index is 15.8. The molecule has 18 heteroatoms. The Labute approximate surface area is 282 Å². The third kappa shape index (κ3) is 6.48. The third-order valence-corrected chi connectivity index (χ3v) is 9.21. The minimum Gasteiger partial charge on any atom is -0.660 e. The topological polar surface area (TPSA) is 2.70 Å². The number of benzene rings is 4. The first-order chi connectivity index (χ1) is 23.1. The van der Waals surface area contributed by atoms with Crippen molar-refractivity contribution in [3.63, 3.8) is 0 Å². The van der Waals surface area contributed by atoms with Crippen LogP contribution < -0.4 is 16.4 Å². The van der Waals surface area contributed by atoms with Gasteiger partial charge in [-0.25, -0.2) is 52.7 Å². The Morgan fingerprint density at radius 2 is 0.840 bits per heavy atom. The summed E-state index contributed by atoms with van der Waals surface area (Å²) in [6, 6.07) is 0.253. The summed E-state index contributed by atoms with van der Waals surface area (Å²) in [7, 11) is 0. The van der Waals surface area contributed by atoms with Crippen LogP contribution in [0, 0.1) is 90.6 Å². The second-order valence-electron chi connectivity index (χ2n) is 11.4. The Bertz CT molecular complexity index is 1900. The van der Waals surface area contributed by atoms with Crippen LogP contribution in [0.2, 0.25) is 0 Å². The van der Waals surface area contributed by atoms with Crippen molar-refractivity contribution < 1.29 is 70.1 Å². The first-order valence-corrected chi connectivity index (χ1v) is 15.1. The van der Waals surface area contributed by atoms with Crippen molar-refractivity contribution in [1.82, 2.24) is 0 Å². The van der Waals surface area contributed by atoms with Crippen LogP contribution in [-0.4, -0.2) is 19.6 Å². The van der Waals surface area contributed by atoms with E-state index in [4.69, 9.17) is 0 Å². The van der Waals surface area contributed by atoms with E-state index in [0.29, 0.717) is 6.07 Å². The molecule has 1 aliphatic rings. The van der Waals surface area contributed by atoms with E-state index < -0.39 is 135 Å². The molecule has 0 N–H and O–H groups in total. The summed E-state index contributed by atoms with van der Waals surface area (Å²) in [5, 5.41) is 0. The molecule has 1 nitrogen and oxygen atoms in total. The van der Waals surface area contributed by atoms with Crippen LogP contribution in [0.5, 0.6) is 0 Å². The largest absolute Gasteiger partial charge is 0.660 e. The average Bonchev–Trinajstić information content (AvgIpc) is 3.55. The van der Waals surface area contributed by atoms with Gasteiger partial charge in [-0.05, 0) is 53.1 Å². The molecule has 0 atom stereocenters. The molecule has 0 bridgehead atoms. The molecule has 0 aromatic heterocycles. The SMILES string of the molecule is Cc1c(F)cc(F)c(Br)c1F.Cc1c(F)cc(F)c([B-](c2c(F)cc(F)c(C)c2F)(c2c(F)cc(F)c(C(F)(F)F)c2F)[O+]2CCCC2)c1F. The molecule has 1 fully saturated rings. The van der Waals surface area contributed by atoms with Gasteiger partial charge in [0.25, 0.3) is 0 Å². The molecular weight excluding hydrogens is 776 g/mol. The molecule has 50 heavy (non-hydrogen) atoms. The van der Waals surface area contributed by atoms with Gasteiger partial charge >= 0.3 is 12.5 Å². The van der Waals surface area contributed by atoms with Crippen molar-refractivity contribution in [2.45, 2.75) is 39.8 Å². The lowest BCUT2D eigenvalue weighted by Gasteiger charge is -2.47. The van der Waals surface area contributed by atoms with E-state index in [0.717, 1.165) is 13.8 Å². The molecule has 270 valence electrons. The molecule has 0 aliphatic carbocycles. The van der Waals surface area contributed by atoms with Crippen LogP contribution >= 0.6 is 15.9 Å². The van der Waals surface area contributed by atoms with Gasteiger partial charge in [0.1, 0.15) is 75.4 Å². The highest BCUT2D eigenvalue weighted by atomic mass is 79.9. The Kier molecular flexibility index (Phi) is 11.1. The van der Waals surface area contributed by atoms with Gasteiger partial charge in [0.05, 0.1) is 17.7 Å². The van der Waals surface area contributed by atoms with Crippen LogP contribution in [0.25, 0.3) is 0 Å². The number of alkyl halides is 3. The van der Waals surface area contributed by atoms with Gasteiger partial charge in [0.2, 0.25) is 0 Å². The highest BCUT2D eigenvalue weighted by Crippen LogP contribution is 2.37. The molecule has 0 saturated carbocycles. The summed E-state index contributed by atoms with van der Waals surface area (Å²) in [4.78, 5) is 0. The van der Waals surface area contributed by atoms with Gasteiger partial charge in [0.15, 0.2) is 0 Å². The first-order valence-electron chi connectivity index (χ1n) is 14.3. The normalized spacial score (nSPS) is 13.9. The van der Waals surface area contributed by atoms with Crippen LogP contribution in [0.15, 0.2) is 28.7 Å². The van der Waals surface area contributed by atoms with Gasteiger partial charge in [-0.2, -0.15) is 13.2 Å². The summed E-state index contributed by atoms with van der Waals surface area (Å²) in [6.07, 6.45) is -10.5. The molecule has 1 saturated heterocycles. The lowest BCUT2D eigenvalue weighted by atomic mass is 9.26. The molecule has 0 unspecified atom stereocenters. The maximum Gasteiger partial charge on any atom is 0.421 e. The molecular formula is C32H21BBrF15O.